The Bertz CT molecular complexity index is 1240. The van der Waals surface area contributed by atoms with Crippen molar-refractivity contribution in [1.82, 2.24) is 4.90 Å². The van der Waals surface area contributed by atoms with Crippen LogP contribution in [0, 0.1) is 0 Å². The molecule has 4 aromatic carbocycles. The van der Waals surface area contributed by atoms with Gasteiger partial charge in [-0.05, 0) is 59.9 Å². The predicted octanol–water partition coefficient (Wildman–Crippen LogP) is 6.45. The quantitative estimate of drug-likeness (QED) is 0.205. The first-order valence-corrected chi connectivity index (χ1v) is 12.7. The highest BCUT2D eigenvalue weighted by Gasteiger charge is 2.20. The van der Waals surface area contributed by atoms with Crippen LogP contribution in [-0.4, -0.2) is 29.7 Å². The van der Waals surface area contributed by atoms with E-state index in [2.05, 4.69) is 36.1 Å². The Kier molecular flexibility index (Phi) is 11.0. The van der Waals surface area contributed by atoms with Crippen LogP contribution in [0.5, 0.6) is 11.5 Å². The maximum atomic E-state index is 11.2. The summed E-state index contributed by atoms with van der Waals surface area (Å²) in [6.45, 7) is 3.87. The maximum absolute atomic E-state index is 11.2. The molecule has 0 fully saturated rings. The minimum atomic E-state index is -0.687. The van der Waals surface area contributed by atoms with Crippen molar-refractivity contribution < 1.29 is 14.6 Å². The fraction of sp³-hybridized carbons (Fsp3) is 0.250. The Morgan fingerprint density at radius 2 is 1.45 bits per heavy atom. The Morgan fingerprint density at radius 3 is 2.05 bits per heavy atom. The molecule has 0 saturated carbocycles. The van der Waals surface area contributed by atoms with E-state index in [0.29, 0.717) is 24.6 Å². The molecule has 2 atom stereocenters. The topological polar surface area (TPSA) is 68.0 Å². The lowest BCUT2D eigenvalue weighted by molar-refractivity contribution is 0.0859. The number of hydrogen-bond donors (Lipinski definition) is 2. The van der Waals surface area contributed by atoms with Gasteiger partial charge in [0.2, 0.25) is 0 Å². The van der Waals surface area contributed by atoms with E-state index in [0.717, 1.165) is 29.8 Å². The van der Waals surface area contributed by atoms with Gasteiger partial charge >= 0.3 is 0 Å². The number of methoxy groups -OCH3 is 1. The average Bonchev–Trinajstić information content (AvgIpc) is 2.93. The first-order valence-electron chi connectivity index (χ1n) is 12.7. The van der Waals surface area contributed by atoms with E-state index in [-0.39, 0.29) is 18.4 Å². The highest BCUT2D eigenvalue weighted by Crippen LogP contribution is 2.28. The molecule has 0 aromatic heterocycles. The number of nitrogen functional groups attached to an aromatic ring is 1. The van der Waals surface area contributed by atoms with E-state index in [9.17, 15) is 5.11 Å². The molecule has 0 heterocycles. The summed E-state index contributed by atoms with van der Waals surface area (Å²) >= 11 is 0. The summed E-state index contributed by atoms with van der Waals surface area (Å²) in [5.74, 6) is 1.47. The fourth-order valence-electron chi connectivity index (χ4n) is 4.42. The van der Waals surface area contributed by atoms with Gasteiger partial charge in [0.25, 0.3) is 0 Å². The Balaban J connectivity index is 0.00000400. The number of nitrogens with zero attached hydrogens (tertiary/aromatic N) is 1. The molecule has 3 N–H and O–H groups in total. The smallest absolute Gasteiger partial charge is 0.142 e. The van der Waals surface area contributed by atoms with Crippen molar-refractivity contribution in [2.75, 3.05) is 19.4 Å². The third kappa shape index (κ3) is 8.25. The van der Waals surface area contributed by atoms with Gasteiger partial charge in [0, 0.05) is 19.1 Å². The number of aliphatic hydroxyl groups excluding tert-OH is 1. The van der Waals surface area contributed by atoms with Crippen LogP contribution in [0.15, 0.2) is 103 Å². The van der Waals surface area contributed by atoms with Gasteiger partial charge in [0.05, 0.1) is 18.9 Å². The van der Waals surface area contributed by atoms with Gasteiger partial charge in [0.15, 0.2) is 0 Å². The van der Waals surface area contributed by atoms with Gasteiger partial charge < -0.3 is 20.3 Å². The van der Waals surface area contributed by atoms with Crippen molar-refractivity contribution in [3.63, 3.8) is 0 Å². The molecule has 4 aromatic rings. The van der Waals surface area contributed by atoms with Gasteiger partial charge in [-0.15, -0.1) is 12.4 Å². The number of rotatable bonds is 12. The molecule has 0 aliphatic carbocycles. The van der Waals surface area contributed by atoms with Gasteiger partial charge in [-0.3, -0.25) is 4.90 Å². The number of benzene rings is 4. The van der Waals surface area contributed by atoms with Crippen molar-refractivity contribution in [2.45, 2.75) is 38.6 Å². The second-order valence-corrected chi connectivity index (χ2v) is 9.40. The molecule has 0 saturated heterocycles. The zero-order valence-electron chi connectivity index (χ0n) is 22.0. The third-order valence-electron chi connectivity index (χ3n) is 6.61. The first kappa shape index (κ1) is 29.1. The van der Waals surface area contributed by atoms with Crippen LogP contribution in [0.25, 0.3) is 0 Å². The van der Waals surface area contributed by atoms with E-state index in [1.807, 2.05) is 78.9 Å². The highest BCUT2D eigenvalue weighted by atomic mass is 35.5. The zero-order chi connectivity index (χ0) is 26.0. The van der Waals surface area contributed by atoms with E-state index in [1.54, 1.807) is 7.11 Å². The summed E-state index contributed by atoms with van der Waals surface area (Å²) in [5.41, 5.74) is 11.1. The SMILES string of the molecule is COc1ccc(CC(C)N(Cc2ccccc2)CC(O)c2ccc(OCc3ccccc3)c(N)c2)cc1.Cl. The van der Waals surface area contributed by atoms with E-state index in [4.69, 9.17) is 15.2 Å². The lowest BCUT2D eigenvalue weighted by Gasteiger charge is -2.31. The van der Waals surface area contributed by atoms with Gasteiger partial charge in [-0.1, -0.05) is 78.9 Å². The molecule has 200 valence electrons. The summed E-state index contributed by atoms with van der Waals surface area (Å²) in [5, 5.41) is 11.2. The van der Waals surface area contributed by atoms with Crippen LogP contribution in [0.1, 0.15) is 35.3 Å². The minimum absolute atomic E-state index is 0. The average molecular weight is 533 g/mol. The molecule has 2 unspecified atom stereocenters. The van der Waals surface area contributed by atoms with Crippen LogP contribution >= 0.6 is 12.4 Å². The number of hydrogen-bond acceptors (Lipinski definition) is 5. The maximum Gasteiger partial charge on any atom is 0.142 e. The predicted molar refractivity (Wildman–Crippen MR) is 157 cm³/mol. The van der Waals surface area contributed by atoms with Crippen molar-refractivity contribution in [3.8, 4) is 11.5 Å². The molecule has 0 bridgehead atoms. The van der Waals surface area contributed by atoms with Crippen molar-refractivity contribution >= 4 is 18.1 Å². The summed E-state index contributed by atoms with van der Waals surface area (Å²) in [4.78, 5) is 2.32. The van der Waals surface area contributed by atoms with Gasteiger partial charge in [-0.2, -0.15) is 0 Å². The zero-order valence-corrected chi connectivity index (χ0v) is 22.8. The number of anilines is 1. The Labute approximate surface area is 232 Å². The van der Waals surface area contributed by atoms with Gasteiger partial charge in [0.1, 0.15) is 18.1 Å². The molecular formula is C32H37ClN2O3. The molecule has 0 aliphatic heterocycles. The number of ether oxygens (including phenoxy) is 2. The van der Waals surface area contributed by atoms with Crippen molar-refractivity contribution in [1.29, 1.82) is 0 Å². The van der Waals surface area contributed by atoms with Crippen LogP contribution in [-0.2, 0) is 19.6 Å². The molecule has 0 radical (unpaired) electrons. The minimum Gasteiger partial charge on any atom is -0.497 e. The normalized spacial score (nSPS) is 12.4. The number of halogens is 1. The Hall–Kier alpha value is -3.51. The molecule has 0 aliphatic rings. The second kappa shape index (κ2) is 14.4. The summed E-state index contributed by atoms with van der Waals surface area (Å²) in [7, 11) is 1.68. The molecule has 4 rings (SSSR count). The monoisotopic (exact) mass is 532 g/mol. The molecular weight excluding hydrogens is 496 g/mol. The van der Waals surface area contributed by atoms with Crippen LogP contribution < -0.4 is 15.2 Å². The standard InChI is InChI=1S/C32H36N2O3.ClH/c1-24(19-25-13-16-29(36-2)17-14-25)34(21-26-9-5-3-6-10-26)22-31(35)28-15-18-32(30(33)20-28)37-23-27-11-7-4-8-12-27;/h3-18,20,24,31,35H,19,21-23,33H2,1-2H3;1H. The molecule has 0 spiro atoms. The number of nitrogens with two attached hydrogens (primary N) is 1. The first-order chi connectivity index (χ1) is 18.0. The van der Waals surface area contributed by atoms with Crippen LogP contribution in [0.3, 0.4) is 0 Å². The van der Waals surface area contributed by atoms with Crippen molar-refractivity contribution in [2.24, 2.45) is 0 Å². The molecule has 6 heteroatoms. The lowest BCUT2D eigenvalue weighted by Crippen LogP contribution is -2.37. The van der Waals surface area contributed by atoms with Crippen LogP contribution in [0.2, 0.25) is 0 Å². The fourth-order valence-corrected chi connectivity index (χ4v) is 4.42. The third-order valence-corrected chi connectivity index (χ3v) is 6.61. The molecule has 0 amide bonds. The van der Waals surface area contributed by atoms with E-state index in [1.165, 1.54) is 11.1 Å². The highest BCUT2D eigenvalue weighted by molar-refractivity contribution is 5.85. The summed E-state index contributed by atoms with van der Waals surface area (Å²) < 4.78 is 11.2. The van der Waals surface area contributed by atoms with E-state index < -0.39 is 6.10 Å². The largest absolute Gasteiger partial charge is 0.497 e. The number of aliphatic hydroxyl groups is 1. The van der Waals surface area contributed by atoms with Crippen LogP contribution in [0.4, 0.5) is 5.69 Å². The van der Waals surface area contributed by atoms with Crippen molar-refractivity contribution in [3.05, 3.63) is 125 Å². The Morgan fingerprint density at radius 1 is 0.816 bits per heavy atom. The molecule has 38 heavy (non-hydrogen) atoms. The summed E-state index contributed by atoms with van der Waals surface area (Å²) in [6, 6.07) is 34.3. The summed E-state index contributed by atoms with van der Waals surface area (Å²) in [6.07, 6.45) is 0.172. The van der Waals surface area contributed by atoms with E-state index >= 15 is 0 Å². The lowest BCUT2D eigenvalue weighted by atomic mass is 10.0. The second-order valence-electron chi connectivity index (χ2n) is 9.40. The van der Waals surface area contributed by atoms with Gasteiger partial charge in [-0.25, -0.2) is 0 Å². The molecule has 5 nitrogen and oxygen atoms in total.